The Bertz CT molecular complexity index is 976. The number of thiazole rings is 1. The molecule has 0 saturated heterocycles. The van der Waals surface area contributed by atoms with E-state index in [9.17, 15) is 9.59 Å². The molecule has 150 valence electrons. The number of hydrogen-bond donors (Lipinski definition) is 2. The molecule has 1 aromatic carbocycles. The molecule has 2 aromatic heterocycles. The van der Waals surface area contributed by atoms with Gasteiger partial charge >= 0.3 is 0 Å². The molecule has 3 aromatic rings. The molecule has 3 rings (SSSR count). The summed E-state index contributed by atoms with van der Waals surface area (Å²) in [6, 6.07) is 13.1. The Balaban J connectivity index is 1.46. The first-order valence-electron chi connectivity index (χ1n) is 9.38. The van der Waals surface area contributed by atoms with Crippen LogP contribution < -0.4 is 10.6 Å². The lowest BCUT2D eigenvalue weighted by Gasteiger charge is -2.19. The third-order valence-corrected chi connectivity index (χ3v) is 5.09. The number of carbonyl (C=O) groups is 2. The molecule has 7 heteroatoms. The Morgan fingerprint density at radius 3 is 2.45 bits per heavy atom. The lowest BCUT2D eigenvalue weighted by atomic mass is 9.87. The van der Waals surface area contributed by atoms with Crippen LogP contribution in [0.4, 0.5) is 5.13 Å². The zero-order chi connectivity index (χ0) is 20.9. The van der Waals surface area contributed by atoms with Crippen LogP contribution in [0.1, 0.15) is 43.1 Å². The molecule has 0 aliphatic heterocycles. The quantitative estimate of drug-likeness (QED) is 0.638. The van der Waals surface area contributed by atoms with Gasteiger partial charge in [-0.05, 0) is 35.2 Å². The molecule has 0 radical (unpaired) electrons. The Morgan fingerprint density at radius 2 is 1.79 bits per heavy atom. The monoisotopic (exact) mass is 408 g/mol. The number of anilines is 1. The van der Waals surface area contributed by atoms with E-state index < -0.39 is 0 Å². The number of nitrogens with zero attached hydrogens (tertiary/aromatic N) is 2. The first kappa shape index (κ1) is 20.7. The number of amides is 2. The lowest BCUT2D eigenvalue weighted by molar-refractivity contribution is -0.116. The van der Waals surface area contributed by atoms with Crippen molar-refractivity contribution in [2.24, 2.45) is 0 Å². The third kappa shape index (κ3) is 5.71. The summed E-state index contributed by atoms with van der Waals surface area (Å²) in [7, 11) is 0. The summed E-state index contributed by atoms with van der Waals surface area (Å²) in [6.07, 6.45) is 1.87. The van der Waals surface area contributed by atoms with Crippen LogP contribution in [0.25, 0.3) is 11.4 Å². The van der Waals surface area contributed by atoms with Crippen LogP contribution in [0, 0.1) is 0 Å². The Labute approximate surface area is 174 Å². The number of hydrogen-bond acceptors (Lipinski definition) is 5. The number of nitrogens with one attached hydrogen (secondary N) is 2. The predicted molar refractivity (Wildman–Crippen MR) is 116 cm³/mol. The molecule has 0 aliphatic rings. The van der Waals surface area contributed by atoms with Gasteiger partial charge in [-0.1, -0.05) is 39.0 Å². The Kier molecular flexibility index (Phi) is 6.39. The molecule has 0 fully saturated rings. The van der Waals surface area contributed by atoms with Gasteiger partial charge in [-0.2, -0.15) is 0 Å². The predicted octanol–water partition coefficient (Wildman–Crippen LogP) is 4.26. The minimum atomic E-state index is -0.199. The number of aromatic nitrogens is 2. The van der Waals surface area contributed by atoms with Crippen LogP contribution in [-0.4, -0.2) is 28.3 Å². The fourth-order valence-corrected chi connectivity index (χ4v) is 3.38. The molecule has 0 spiro atoms. The molecule has 0 atom stereocenters. The Morgan fingerprint density at radius 1 is 1.03 bits per heavy atom. The van der Waals surface area contributed by atoms with Gasteiger partial charge < -0.3 is 10.6 Å². The minimum absolute atomic E-state index is 0.0410. The molecule has 0 unspecified atom stereocenters. The van der Waals surface area contributed by atoms with E-state index in [2.05, 4.69) is 41.4 Å². The summed E-state index contributed by atoms with van der Waals surface area (Å²) in [5.74, 6) is -0.389. The van der Waals surface area contributed by atoms with Crippen molar-refractivity contribution in [2.45, 2.75) is 32.6 Å². The van der Waals surface area contributed by atoms with E-state index in [-0.39, 0.29) is 30.2 Å². The number of benzene rings is 1. The summed E-state index contributed by atoms with van der Waals surface area (Å²) in [6.45, 7) is 6.64. The highest BCUT2D eigenvalue weighted by Gasteiger charge is 2.14. The van der Waals surface area contributed by atoms with E-state index >= 15 is 0 Å². The van der Waals surface area contributed by atoms with Crippen molar-refractivity contribution in [1.82, 2.24) is 15.3 Å². The van der Waals surface area contributed by atoms with Gasteiger partial charge in [-0.3, -0.25) is 14.6 Å². The van der Waals surface area contributed by atoms with Crippen molar-refractivity contribution < 1.29 is 9.59 Å². The normalized spacial score (nSPS) is 11.1. The second-order valence-corrected chi connectivity index (χ2v) is 8.49. The van der Waals surface area contributed by atoms with Crippen molar-refractivity contribution in [1.29, 1.82) is 0 Å². The highest BCUT2D eigenvalue weighted by atomic mass is 32.1. The lowest BCUT2D eigenvalue weighted by Crippen LogP contribution is -2.27. The van der Waals surface area contributed by atoms with Crippen LogP contribution in [-0.2, 0) is 10.2 Å². The van der Waals surface area contributed by atoms with Gasteiger partial charge in [0.25, 0.3) is 5.91 Å². The highest BCUT2D eigenvalue weighted by molar-refractivity contribution is 7.14. The summed E-state index contributed by atoms with van der Waals surface area (Å²) >= 11 is 1.34. The molecular weight excluding hydrogens is 384 g/mol. The molecule has 2 heterocycles. The van der Waals surface area contributed by atoms with E-state index in [1.54, 1.807) is 6.20 Å². The molecule has 0 aliphatic carbocycles. The molecule has 29 heavy (non-hydrogen) atoms. The molecular formula is C22H24N4O2S. The summed E-state index contributed by atoms with van der Waals surface area (Å²) in [5, 5.41) is 7.90. The molecule has 0 bridgehead atoms. The largest absolute Gasteiger partial charge is 0.352 e. The van der Waals surface area contributed by atoms with E-state index in [0.29, 0.717) is 10.7 Å². The zero-order valence-corrected chi connectivity index (χ0v) is 17.5. The van der Waals surface area contributed by atoms with Crippen LogP contribution in [0.15, 0.2) is 54.0 Å². The second kappa shape index (κ2) is 8.96. The third-order valence-electron chi connectivity index (χ3n) is 4.33. The van der Waals surface area contributed by atoms with Gasteiger partial charge in [-0.25, -0.2) is 4.98 Å². The van der Waals surface area contributed by atoms with Crippen molar-refractivity contribution in [3.05, 3.63) is 65.2 Å². The summed E-state index contributed by atoms with van der Waals surface area (Å²) < 4.78 is 0. The van der Waals surface area contributed by atoms with E-state index in [1.807, 2.05) is 47.8 Å². The van der Waals surface area contributed by atoms with Crippen LogP contribution in [0.5, 0.6) is 0 Å². The first-order chi connectivity index (χ1) is 13.8. The highest BCUT2D eigenvalue weighted by Crippen LogP contribution is 2.23. The van der Waals surface area contributed by atoms with E-state index in [1.165, 1.54) is 16.9 Å². The molecule has 6 nitrogen and oxygen atoms in total. The van der Waals surface area contributed by atoms with Crippen molar-refractivity contribution >= 4 is 28.3 Å². The van der Waals surface area contributed by atoms with E-state index in [4.69, 9.17) is 0 Å². The van der Waals surface area contributed by atoms with Crippen molar-refractivity contribution in [2.75, 3.05) is 11.9 Å². The van der Waals surface area contributed by atoms with Crippen LogP contribution in [0.3, 0.4) is 0 Å². The minimum Gasteiger partial charge on any atom is -0.352 e. The fraction of sp³-hybridized carbons (Fsp3) is 0.273. The number of rotatable bonds is 6. The van der Waals surface area contributed by atoms with Crippen LogP contribution in [0.2, 0.25) is 0 Å². The Hall–Kier alpha value is -3.06. The number of pyridine rings is 1. The van der Waals surface area contributed by atoms with Gasteiger partial charge in [0.05, 0.1) is 5.69 Å². The topological polar surface area (TPSA) is 84.0 Å². The zero-order valence-electron chi connectivity index (χ0n) is 16.7. The van der Waals surface area contributed by atoms with Crippen molar-refractivity contribution in [3.63, 3.8) is 0 Å². The molecule has 2 amide bonds. The fourth-order valence-electron chi connectivity index (χ4n) is 2.66. The maximum atomic E-state index is 12.2. The smallest absolute Gasteiger partial charge is 0.251 e. The average molecular weight is 409 g/mol. The standard InChI is InChI=1S/C22H24N4O2S/c1-22(2,3)16-9-7-15(8-10-16)20(28)24-13-11-19(27)26-21-25-18(14-29-21)17-6-4-5-12-23-17/h4-10,12,14H,11,13H2,1-3H3,(H,24,28)(H,25,26,27). The van der Waals surface area contributed by atoms with Gasteiger partial charge in [0.15, 0.2) is 5.13 Å². The maximum absolute atomic E-state index is 12.2. The van der Waals surface area contributed by atoms with Gasteiger partial charge in [-0.15, -0.1) is 11.3 Å². The maximum Gasteiger partial charge on any atom is 0.251 e. The van der Waals surface area contributed by atoms with Crippen molar-refractivity contribution in [3.8, 4) is 11.4 Å². The first-order valence-corrected chi connectivity index (χ1v) is 10.3. The van der Waals surface area contributed by atoms with Crippen LogP contribution >= 0.6 is 11.3 Å². The number of carbonyl (C=O) groups excluding carboxylic acids is 2. The molecule has 2 N–H and O–H groups in total. The SMILES string of the molecule is CC(C)(C)c1ccc(C(=O)NCCC(=O)Nc2nc(-c3ccccn3)cs2)cc1. The second-order valence-electron chi connectivity index (χ2n) is 7.63. The van der Waals surface area contributed by atoms with Gasteiger partial charge in [0, 0.05) is 30.1 Å². The molecule has 0 saturated carbocycles. The average Bonchev–Trinajstić information content (AvgIpc) is 3.16. The van der Waals surface area contributed by atoms with Gasteiger partial charge in [0.2, 0.25) is 5.91 Å². The summed E-state index contributed by atoms with van der Waals surface area (Å²) in [5.41, 5.74) is 3.27. The summed E-state index contributed by atoms with van der Waals surface area (Å²) in [4.78, 5) is 33.0. The van der Waals surface area contributed by atoms with E-state index in [0.717, 1.165) is 11.4 Å². The van der Waals surface area contributed by atoms with Gasteiger partial charge in [0.1, 0.15) is 5.69 Å².